The van der Waals surface area contributed by atoms with E-state index in [-0.39, 0.29) is 5.41 Å². The minimum Gasteiger partial charge on any atom is -0.457 e. The van der Waals surface area contributed by atoms with Crippen LogP contribution in [0.4, 0.5) is 17.1 Å². The highest BCUT2D eigenvalue weighted by atomic mass is 16.5. The molecule has 262 valence electrons. The fourth-order valence-electron chi connectivity index (χ4n) is 11.4. The van der Waals surface area contributed by atoms with Crippen molar-refractivity contribution in [3.63, 3.8) is 0 Å². The number of hydrogen-bond acceptors (Lipinski definition) is 4. The Kier molecular flexibility index (Phi) is 6.86. The maximum atomic E-state index is 6.68. The Balaban J connectivity index is 1.01. The number of rotatable bonds is 6. The largest absolute Gasteiger partial charge is 0.457 e. The van der Waals surface area contributed by atoms with Crippen molar-refractivity contribution < 1.29 is 4.74 Å². The number of para-hydroxylation sites is 3. The molecule has 0 atom stereocenters. The van der Waals surface area contributed by atoms with Crippen molar-refractivity contribution in [2.75, 3.05) is 23.5 Å². The van der Waals surface area contributed by atoms with Crippen LogP contribution in [0.15, 0.2) is 134 Å². The molecular formula is C48H44N4O. The summed E-state index contributed by atoms with van der Waals surface area (Å²) in [5, 5.41) is 2.43. The quantitative estimate of drug-likeness (QED) is 0.174. The molecule has 4 saturated carbocycles. The number of aromatic nitrogens is 2. The highest BCUT2D eigenvalue weighted by Gasteiger charge is 2.58. The normalized spacial score (nSPS) is 24.3. The van der Waals surface area contributed by atoms with Crippen LogP contribution in [-0.4, -0.2) is 23.3 Å². The van der Waals surface area contributed by atoms with Gasteiger partial charge in [0.15, 0.2) is 0 Å². The van der Waals surface area contributed by atoms with Crippen LogP contribution in [0.1, 0.15) is 48.8 Å². The highest BCUT2D eigenvalue weighted by molar-refractivity contribution is 6.09. The molecule has 4 fully saturated rings. The van der Waals surface area contributed by atoms with Crippen LogP contribution >= 0.6 is 0 Å². The summed E-state index contributed by atoms with van der Waals surface area (Å²) in [5.41, 5.74) is 10.1. The number of fused-ring (bicyclic) bond motifs is 4. The van der Waals surface area contributed by atoms with E-state index in [1.807, 2.05) is 0 Å². The molecule has 5 aliphatic rings. The molecule has 0 amide bonds. The average Bonchev–Trinajstić information content (AvgIpc) is 3.70. The lowest BCUT2D eigenvalue weighted by Crippen LogP contribution is -2.56. The zero-order chi connectivity index (χ0) is 35.3. The second-order valence-electron chi connectivity index (χ2n) is 16.3. The Morgan fingerprint density at radius 1 is 0.623 bits per heavy atom. The third-order valence-electron chi connectivity index (χ3n) is 13.4. The molecule has 0 N–H and O–H groups in total. The van der Waals surface area contributed by atoms with Gasteiger partial charge in [0.2, 0.25) is 0 Å². The van der Waals surface area contributed by atoms with E-state index in [0.29, 0.717) is 11.8 Å². The van der Waals surface area contributed by atoms with Crippen molar-refractivity contribution in [3.05, 3.63) is 150 Å². The lowest BCUT2D eigenvalue weighted by Gasteiger charge is -2.62. The molecule has 0 radical (unpaired) electrons. The van der Waals surface area contributed by atoms with E-state index in [4.69, 9.17) is 9.72 Å². The fraction of sp³-hybridized carbons (Fsp3) is 0.271. The third kappa shape index (κ3) is 4.72. The van der Waals surface area contributed by atoms with Gasteiger partial charge in [0, 0.05) is 47.3 Å². The van der Waals surface area contributed by atoms with Gasteiger partial charge in [0.1, 0.15) is 17.3 Å². The predicted octanol–water partition coefficient (Wildman–Crippen LogP) is 11.6. The van der Waals surface area contributed by atoms with E-state index in [0.717, 1.165) is 52.5 Å². The van der Waals surface area contributed by atoms with E-state index >= 15 is 0 Å². The minimum absolute atomic E-state index is 0.0154. The topological polar surface area (TPSA) is 33.5 Å². The summed E-state index contributed by atoms with van der Waals surface area (Å²) in [6.07, 6.45) is 8.89. The maximum Gasteiger partial charge on any atom is 0.137 e. The number of ether oxygens (including phenoxy) is 1. The van der Waals surface area contributed by atoms with E-state index in [1.165, 1.54) is 70.9 Å². The van der Waals surface area contributed by atoms with Crippen molar-refractivity contribution in [2.45, 2.75) is 44.4 Å². The van der Waals surface area contributed by atoms with Crippen LogP contribution in [-0.2, 0) is 5.41 Å². The molecular weight excluding hydrogens is 649 g/mol. The van der Waals surface area contributed by atoms with Crippen molar-refractivity contribution >= 4 is 38.9 Å². The summed E-state index contributed by atoms with van der Waals surface area (Å²) in [7, 11) is 2.14. The summed E-state index contributed by atoms with van der Waals surface area (Å²) < 4.78 is 9.05. The van der Waals surface area contributed by atoms with Gasteiger partial charge in [-0.15, -0.1) is 0 Å². The second-order valence-corrected chi connectivity index (χ2v) is 16.3. The number of aryl methyl sites for hydroxylation is 1. The maximum absolute atomic E-state index is 6.68. The Hall–Kier alpha value is -5.55. The van der Waals surface area contributed by atoms with E-state index in [1.54, 1.807) is 0 Å². The number of hydrogen-bond donors (Lipinski definition) is 0. The first-order chi connectivity index (χ1) is 26.0. The van der Waals surface area contributed by atoms with Gasteiger partial charge in [0.05, 0.1) is 29.1 Å². The molecule has 5 aromatic carbocycles. The summed E-state index contributed by atoms with van der Waals surface area (Å²) >= 11 is 0. The molecule has 0 unspecified atom stereocenters. The number of anilines is 3. The Labute approximate surface area is 311 Å². The van der Waals surface area contributed by atoms with Gasteiger partial charge >= 0.3 is 0 Å². The Bertz CT molecular complexity index is 2500. The van der Waals surface area contributed by atoms with Crippen molar-refractivity contribution in [2.24, 2.45) is 23.7 Å². The summed E-state index contributed by atoms with van der Waals surface area (Å²) in [4.78, 5) is 9.76. The molecule has 5 heteroatoms. The summed E-state index contributed by atoms with van der Waals surface area (Å²) in [6.45, 7) is 3.01. The molecule has 5 nitrogen and oxygen atoms in total. The molecule has 0 saturated heterocycles. The average molecular weight is 693 g/mol. The Morgan fingerprint density at radius 3 is 2.15 bits per heavy atom. The van der Waals surface area contributed by atoms with Crippen LogP contribution in [0.3, 0.4) is 0 Å². The van der Waals surface area contributed by atoms with Gasteiger partial charge < -0.3 is 14.5 Å². The van der Waals surface area contributed by atoms with Crippen LogP contribution < -0.4 is 14.5 Å². The predicted molar refractivity (Wildman–Crippen MR) is 216 cm³/mol. The zero-order valence-electron chi connectivity index (χ0n) is 30.5. The number of benzene rings is 5. The first-order valence-corrected chi connectivity index (χ1v) is 19.5. The molecule has 3 heterocycles. The van der Waals surface area contributed by atoms with E-state index in [9.17, 15) is 0 Å². The smallest absolute Gasteiger partial charge is 0.137 e. The molecule has 4 aliphatic carbocycles. The van der Waals surface area contributed by atoms with E-state index < -0.39 is 0 Å². The first-order valence-electron chi connectivity index (χ1n) is 19.5. The molecule has 1 aliphatic heterocycles. The number of pyridine rings is 1. The lowest BCUT2D eigenvalue weighted by atomic mass is 9.42. The van der Waals surface area contributed by atoms with Crippen molar-refractivity contribution in [3.8, 4) is 17.3 Å². The molecule has 0 spiro atoms. The first kappa shape index (κ1) is 31.0. The third-order valence-corrected chi connectivity index (χ3v) is 13.4. The van der Waals surface area contributed by atoms with Gasteiger partial charge in [-0.25, -0.2) is 4.98 Å². The molecule has 7 aromatic rings. The van der Waals surface area contributed by atoms with Crippen LogP contribution in [0.2, 0.25) is 0 Å². The fourth-order valence-corrected chi connectivity index (χ4v) is 11.4. The van der Waals surface area contributed by atoms with Gasteiger partial charge in [-0.3, -0.25) is 4.57 Å². The van der Waals surface area contributed by atoms with Crippen molar-refractivity contribution in [1.82, 2.24) is 9.55 Å². The second kappa shape index (κ2) is 11.7. The standard InChI is InChI=1S/C48H44N4O/c1-31-14-16-34(17-15-31)48(36-23-32-22-33(25-36)26-37(48)24-32)35-20-21-49-47(27-35)52-43-11-4-3-10-41(43)42-19-18-40(29-46(42)52)53-39-9-7-8-38(28-39)51-30-50(2)44-12-5-6-13-45(44)51/h3-21,27-29,32-33,36-37H,22-26,30H2,1-2H3. The number of nitrogens with zero attached hydrogens (tertiary/aromatic N) is 4. The molecule has 12 rings (SSSR count). The summed E-state index contributed by atoms with van der Waals surface area (Å²) in [6, 6.07) is 46.6. The Morgan fingerprint density at radius 2 is 1.34 bits per heavy atom. The van der Waals surface area contributed by atoms with Crippen LogP contribution in [0.5, 0.6) is 11.5 Å². The highest BCUT2D eigenvalue weighted by Crippen LogP contribution is 2.65. The zero-order valence-corrected chi connectivity index (χ0v) is 30.5. The van der Waals surface area contributed by atoms with Gasteiger partial charge in [-0.2, -0.15) is 0 Å². The van der Waals surface area contributed by atoms with Crippen LogP contribution in [0.25, 0.3) is 27.6 Å². The monoisotopic (exact) mass is 692 g/mol. The lowest BCUT2D eigenvalue weighted by molar-refractivity contribution is -0.0418. The van der Waals surface area contributed by atoms with Crippen LogP contribution in [0, 0.1) is 30.6 Å². The van der Waals surface area contributed by atoms with Gasteiger partial charge in [-0.1, -0.05) is 66.2 Å². The van der Waals surface area contributed by atoms with Gasteiger partial charge in [0.25, 0.3) is 0 Å². The van der Waals surface area contributed by atoms with Gasteiger partial charge in [-0.05, 0) is 128 Å². The van der Waals surface area contributed by atoms with E-state index in [2.05, 4.69) is 162 Å². The molecule has 2 aromatic heterocycles. The molecule has 53 heavy (non-hydrogen) atoms. The molecule has 4 bridgehead atoms. The SMILES string of the molecule is Cc1ccc(C2(c3ccnc(-n4c5ccccc5c5ccc(Oc6cccc(N7CN(C)c8ccccc87)c6)cc54)c3)C3CC4CC(C3)CC2C4)cc1. The summed E-state index contributed by atoms with van der Waals surface area (Å²) in [5.74, 6) is 5.72. The van der Waals surface area contributed by atoms with Crippen molar-refractivity contribution in [1.29, 1.82) is 0 Å². The minimum atomic E-state index is 0.0154.